The Morgan fingerprint density at radius 1 is 1.12 bits per heavy atom. The number of carboxylic acid groups (broad SMARTS) is 1. The predicted molar refractivity (Wildman–Crippen MR) is 93.0 cm³/mol. The lowest BCUT2D eigenvalue weighted by molar-refractivity contribution is -0.134. The highest BCUT2D eigenvalue weighted by Gasteiger charge is 2.22. The number of fused-ring (bicyclic) bond motifs is 2. The maximum atomic E-state index is 11.9. The zero-order valence-electron chi connectivity index (χ0n) is 15.2. The molecule has 0 unspecified atom stereocenters. The Kier molecular flexibility index (Phi) is 8.57. The molecule has 2 heterocycles. The number of aliphatic hydroxyl groups excluding tert-OH is 1. The zero-order valence-corrected chi connectivity index (χ0v) is 15.2. The number of ether oxygens (including phenoxy) is 2. The number of benzene rings is 1. The molecule has 3 rings (SSSR count). The number of hydrogen-bond donors (Lipinski definition) is 3. The van der Waals surface area contributed by atoms with Crippen molar-refractivity contribution in [1.29, 1.82) is 0 Å². The summed E-state index contributed by atoms with van der Waals surface area (Å²) in [5.74, 6) is 0.0474. The molecule has 1 aromatic rings. The van der Waals surface area contributed by atoms with Gasteiger partial charge in [0.25, 0.3) is 5.97 Å². The summed E-state index contributed by atoms with van der Waals surface area (Å²) in [5, 5.41) is 19.8. The van der Waals surface area contributed by atoms with E-state index in [0.29, 0.717) is 18.0 Å². The summed E-state index contributed by atoms with van der Waals surface area (Å²) in [7, 11) is 0. The van der Waals surface area contributed by atoms with E-state index < -0.39 is 12.1 Å². The van der Waals surface area contributed by atoms with Crippen LogP contribution in [0.15, 0.2) is 12.1 Å². The molecule has 0 saturated carbocycles. The fourth-order valence-corrected chi connectivity index (χ4v) is 2.45. The first-order valence-corrected chi connectivity index (χ1v) is 8.42. The Morgan fingerprint density at radius 3 is 2.23 bits per heavy atom. The van der Waals surface area contributed by atoms with E-state index in [9.17, 15) is 14.7 Å². The first-order chi connectivity index (χ1) is 12.3. The molecule has 1 aromatic carbocycles. The maximum Gasteiger partial charge on any atom is 0.300 e. The minimum atomic E-state index is -0.918. The third-order valence-corrected chi connectivity index (χ3v) is 3.44. The minimum Gasteiger partial charge on any atom is -0.481 e. The van der Waals surface area contributed by atoms with Crippen LogP contribution in [0.2, 0.25) is 0 Å². The van der Waals surface area contributed by atoms with Crippen LogP contribution in [-0.4, -0.2) is 40.8 Å². The van der Waals surface area contributed by atoms with E-state index in [0.717, 1.165) is 18.1 Å². The van der Waals surface area contributed by atoms with E-state index in [-0.39, 0.29) is 37.7 Å². The third-order valence-electron chi connectivity index (χ3n) is 3.44. The molecule has 1 atom stereocenters. The molecule has 0 bridgehead atoms. The highest BCUT2D eigenvalue weighted by atomic mass is 16.7. The fraction of sp³-hybridized carbons (Fsp3) is 0.500. The smallest absolute Gasteiger partial charge is 0.300 e. The topological polar surface area (TPSA) is 122 Å². The first-order valence-electron chi connectivity index (χ1n) is 8.42. The minimum absolute atomic E-state index is 0.0126. The zero-order chi connectivity index (χ0) is 19.7. The van der Waals surface area contributed by atoms with Crippen molar-refractivity contribution in [3.05, 3.63) is 23.3 Å². The molecule has 3 N–H and O–H groups in total. The Morgan fingerprint density at radius 2 is 1.65 bits per heavy atom. The molecule has 0 aromatic heterocycles. The van der Waals surface area contributed by atoms with Crippen molar-refractivity contribution in [2.24, 2.45) is 0 Å². The largest absolute Gasteiger partial charge is 0.481 e. The van der Waals surface area contributed by atoms with Gasteiger partial charge in [0.1, 0.15) is 5.78 Å². The number of carboxylic acids is 1. The SMILES string of the molecule is CC.CC(=O)O.O=C1Cc2cc3c(cc2CNC(=O)C[C@H](O)C1)OCO3. The quantitative estimate of drug-likeness (QED) is 0.634. The Labute approximate surface area is 152 Å². The lowest BCUT2D eigenvalue weighted by atomic mass is 9.97. The highest BCUT2D eigenvalue weighted by Crippen LogP contribution is 2.35. The molecule has 0 saturated heterocycles. The Bertz CT molecular complexity index is 653. The van der Waals surface area contributed by atoms with Crippen LogP contribution in [0.1, 0.15) is 44.7 Å². The van der Waals surface area contributed by atoms with Gasteiger partial charge in [0.05, 0.1) is 12.5 Å². The van der Waals surface area contributed by atoms with Gasteiger partial charge in [-0.05, 0) is 23.3 Å². The maximum absolute atomic E-state index is 11.9. The van der Waals surface area contributed by atoms with E-state index in [2.05, 4.69) is 5.32 Å². The van der Waals surface area contributed by atoms with Gasteiger partial charge in [-0.15, -0.1) is 0 Å². The lowest BCUT2D eigenvalue weighted by Gasteiger charge is -2.16. The van der Waals surface area contributed by atoms with Crippen molar-refractivity contribution in [3.63, 3.8) is 0 Å². The molecule has 0 radical (unpaired) electrons. The number of aliphatic hydroxyl groups is 1. The molecular formula is C18H25NO7. The monoisotopic (exact) mass is 367 g/mol. The molecule has 1 amide bonds. The number of rotatable bonds is 0. The van der Waals surface area contributed by atoms with Crippen LogP contribution in [-0.2, 0) is 27.3 Å². The van der Waals surface area contributed by atoms with Crippen LogP contribution in [0.4, 0.5) is 0 Å². The van der Waals surface area contributed by atoms with Gasteiger partial charge in [-0.3, -0.25) is 14.4 Å². The van der Waals surface area contributed by atoms with Crippen molar-refractivity contribution in [2.45, 2.75) is 52.7 Å². The van der Waals surface area contributed by atoms with Crippen molar-refractivity contribution in [3.8, 4) is 11.5 Å². The molecule has 8 nitrogen and oxygen atoms in total. The van der Waals surface area contributed by atoms with Crippen LogP contribution in [0.3, 0.4) is 0 Å². The Hall–Kier alpha value is -2.61. The predicted octanol–water partition coefficient (Wildman–Crippen LogP) is 1.41. The second-order valence-corrected chi connectivity index (χ2v) is 5.55. The summed E-state index contributed by atoms with van der Waals surface area (Å²) in [6.45, 7) is 5.56. The van der Waals surface area contributed by atoms with Gasteiger partial charge < -0.3 is 25.0 Å². The van der Waals surface area contributed by atoms with Crippen LogP contribution in [0, 0.1) is 0 Å². The van der Waals surface area contributed by atoms with E-state index in [4.69, 9.17) is 19.4 Å². The Balaban J connectivity index is 0.000000500. The van der Waals surface area contributed by atoms with E-state index >= 15 is 0 Å². The van der Waals surface area contributed by atoms with Gasteiger partial charge in [0, 0.05) is 26.3 Å². The number of Topliss-reactive ketones (excluding diaryl/α,β-unsaturated/α-hetero) is 1. The van der Waals surface area contributed by atoms with Gasteiger partial charge in [0.15, 0.2) is 11.5 Å². The summed E-state index contributed by atoms with van der Waals surface area (Å²) in [4.78, 5) is 32.5. The molecule has 0 fully saturated rings. The molecular weight excluding hydrogens is 342 g/mol. The second-order valence-electron chi connectivity index (χ2n) is 5.55. The van der Waals surface area contributed by atoms with Crippen molar-refractivity contribution in [2.75, 3.05) is 6.79 Å². The molecule has 8 heteroatoms. The van der Waals surface area contributed by atoms with Crippen LogP contribution < -0.4 is 14.8 Å². The molecule has 2 aliphatic rings. The number of carbonyl (C=O) groups excluding carboxylic acids is 2. The summed E-state index contributed by atoms with van der Waals surface area (Å²) in [6.07, 6.45) is -0.760. The molecule has 2 aliphatic heterocycles. The summed E-state index contributed by atoms with van der Waals surface area (Å²) in [6, 6.07) is 3.57. The first kappa shape index (κ1) is 21.4. The molecule has 144 valence electrons. The van der Waals surface area contributed by atoms with E-state index in [1.54, 1.807) is 12.1 Å². The fourth-order valence-electron chi connectivity index (χ4n) is 2.45. The third kappa shape index (κ3) is 6.72. The van der Waals surface area contributed by atoms with Crippen molar-refractivity contribution >= 4 is 17.7 Å². The van der Waals surface area contributed by atoms with Gasteiger partial charge >= 0.3 is 0 Å². The van der Waals surface area contributed by atoms with E-state index in [1.807, 2.05) is 13.8 Å². The van der Waals surface area contributed by atoms with Gasteiger partial charge in [0.2, 0.25) is 12.7 Å². The molecule has 26 heavy (non-hydrogen) atoms. The van der Waals surface area contributed by atoms with Crippen LogP contribution in [0.5, 0.6) is 11.5 Å². The number of ketones is 1. The molecule has 0 spiro atoms. The van der Waals surface area contributed by atoms with Crippen molar-refractivity contribution in [1.82, 2.24) is 5.32 Å². The highest BCUT2D eigenvalue weighted by molar-refractivity contribution is 5.84. The average molecular weight is 367 g/mol. The number of hydrogen-bond acceptors (Lipinski definition) is 6. The van der Waals surface area contributed by atoms with Crippen LogP contribution >= 0.6 is 0 Å². The van der Waals surface area contributed by atoms with Gasteiger partial charge in [-0.1, -0.05) is 13.8 Å². The number of aliphatic carboxylic acids is 1. The van der Waals surface area contributed by atoms with Gasteiger partial charge in [-0.25, -0.2) is 0 Å². The van der Waals surface area contributed by atoms with E-state index in [1.165, 1.54) is 0 Å². The number of carbonyl (C=O) groups is 3. The molecule has 0 aliphatic carbocycles. The summed E-state index contributed by atoms with van der Waals surface area (Å²) < 4.78 is 10.6. The average Bonchev–Trinajstić information content (AvgIpc) is 3.00. The summed E-state index contributed by atoms with van der Waals surface area (Å²) in [5.41, 5.74) is 1.64. The number of amides is 1. The normalized spacial score (nSPS) is 18.2. The van der Waals surface area contributed by atoms with Crippen molar-refractivity contribution < 1.29 is 34.1 Å². The second kappa shape index (κ2) is 10.4. The van der Waals surface area contributed by atoms with Crippen LogP contribution in [0.25, 0.3) is 0 Å². The number of nitrogens with one attached hydrogen (secondary N) is 1. The van der Waals surface area contributed by atoms with Gasteiger partial charge in [-0.2, -0.15) is 0 Å². The standard InChI is InChI=1S/C14H15NO5.C2H4O2.C2H6/c16-10-1-8-2-12-13(20-7-19-12)3-9(8)6-15-14(18)5-11(17)4-10;1-2(3)4;1-2/h2-3,11,17H,1,4-7H2,(H,15,18);1H3,(H,3,4);1-2H3/t11-;;/m1../s1. The lowest BCUT2D eigenvalue weighted by Crippen LogP contribution is -2.30. The summed E-state index contributed by atoms with van der Waals surface area (Å²) >= 11 is 0.